The van der Waals surface area contributed by atoms with Gasteiger partial charge in [0.25, 0.3) is 0 Å². The summed E-state index contributed by atoms with van der Waals surface area (Å²) in [6.45, 7) is 3.94. The Hall–Kier alpha value is -0.770. The molecule has 0 aliphatic heterocycles. The molecule has 94 valence electrons. The van der Waals surface area contributed by atoms with Crippen LogP contribution in [0, 0.1) is 5.92 Å². The summed E-state index contributed by atoms with van der Waals surface area (Å²) >= 11 is 11.6. The molecule has 0 aliphatic carbocycles. The van der Waals surface area contributed by atoms with Crippen LogP contribution in [0.2, 0.25) is 10.0 Å². The van der Waals surface area contributed by atoms with E-state index in [0.29, 0.717) is 15.7 Å². The summed E-state index contributed by atoms with van der Waals surface area (Å²) in [6, 6.07) is 4.41. The summed E-state index contributed by atoms with van der Waals surface area (Å²) in [4.78, 5) is 11.8. The van der Waals surface area contributed by atoms with Crippen LogP contribution in [0.1, 0.15) is 20.3 Å². The van der Waals surface area contributed by atoms with E-state index in [2.05, 4.69) is 5.32 Å². The monoisotopic (exact) mass is 274 g/mol. The molecule has 1 unspecified atom stereocenters. The second-order valence-electron chi connectivity index (χ2n) is 4.03. The molecule has 17 heavy (non-hydrogen) atoms. The number of benzene rings is 1. The van der Waals surface area contributed by atoms with Crippen LogP contribution in [0.25, 0.3) is 0 Å². The normalized spacial score (nSPS) is 14.2. The summed E-state index contributed by atoms with van der Waals surface area (Å²) < 4.78 is 0. The summed E-state index contributed by atoms with van der Waals surface area (Å²) in [5.41, 5.74) is 6.42. The van der Waals surface area contributed by atoms with Crippen LogP contribution in [-0.4, -0.2) is 11.9 Å². The summed E-state index contributed by atoms with van der Waals surface area (Å²) in [7, 11) is 0. The van der Waals surface area contributed by atoms with Crippen molar-refractivity contribution in [3.8, 4) is 0 Å². The second-order valence-corrected chi connectivity index (χ2v) is 4.84. The molecule has 3 nitrogen and oxygen atoms in total. The fourth-order valence-electron chi connectivity index (χ4n) is 1.31. The minimum atomic E-state index is -0.519. The van der Waals surface area contributed by atoms with Gasteiger partial charge in [-0.2, -0.15) is 0 Å². The molecule has 0 bridgehead atoms. The van der Waals surface area contributed by atoms with Gasteiger partial charge in [-0.05, 0) is 24.1 Å². The van der Waals surface area contributed by atoms with Crippen LogP contribution in [0.3, 0.4) is 0 Å². The molecule has 0 spiro atoms. The number of halogens is 2. The van der Waals surface area contributed by atoms with Crippen molar-refractivity contribution in [1.82, 2.24) is 0 Å². The van der Waals surface area contributed by atoms with Crippen LogP contribution in [0.4, 0.5) is 5.69 Å². The number of amides is 1. The summed E-state index contributed by atoms with van der Waals surface area (Å²) in [6.07, 6.45) is 0.857. The van der Waals surface area contributed by atoms with Crippen molar-refractivity contribution in [2.24, 2.45) is 11.7 Å². The molecule has 1 aromatic rings. The standard InChI is InChI=1S/C12H16Cl2N2O/c1-3-7(2)11(15)12(17)16-8-4-5-9(13)10(14)6-8/h4-7,11H,3,15H2,1-2H3,(H,16,17)/t7?,11-/m0/s1. The third-order valence-electron chi connectivity index (χ3n) is 2.75. The highest BCUT2D eigenvalue weighted by atomic mass is 35.5. The van der Waals surface area contributed by atoms with E-state index in [1.165, 1.54) is 0 Å². The van der Waals surface area contributed by atoms with Crippen molar-refractivity contribution >= 4 is 34.8 Å². The van der Waals surface area contributed by atoms with Gasteiger partial charge in [0.1, 0.15) is 0 Å². The van der Waals surface area contributed by atoms with E-state index in [1.54, 1.807) is 18.2 Å². The fraction of sp³-hybridized carbons (Fsp3) is 0.417. The first-order valence-corrected chi connectivity index (χ1v) is 6.22. The predicted molar refractivity (Wildman–Crippen MR) is 72.5 cm³/mol. The SMILES string of the molecule is CCC(C)[C@H](N)C(=O)Nc1ccc(Cl)c(Cl)c1. The average Bonchev–Trinajstić information content (AvgIpc) is 2.31. The Kier molecular flexibility index (Phi) is 5.25. The van der Waals surface area contributed by atoms with Gasteiger partial charge in [-0.15, -0.1) is 0 Å². The number of nitrogens with two attached hydrogens (primary N) is 1. The van der Waals surface area contributed by atoms with Gasteiger partial charge in [0.05, 0.1) is 16.1 Å². The molecule has 1 aromatic carbocycles. The molecule has 0 aliphatic rings. The number of nitrogens with one attached hydrogen (secondary N) is 1. The molecule has 0 saturated carbocycles. The maximum Gasteiger partial charge on any atom is 0.241 e. The molecule has 0 radical (unpaired) electrons. The van der Waals surface area contributed by atoms with Gasteiger partial charge in [0.2, 0.25) is 5.91 Å². The van der Waals surface area contributed by atoms with Crippen LogP contribution >= 0.6 is 23.2 Å². The minimum Gasteiger partial charge on any atom is -0.325 e. The van der Waals surface area contributed by atoms with Gasteiger partial charge in [-0.3, -0.25) is 4.79 Å². The Labute approximate surface area is 111 Å². The molecule has 0 saturated heterocycles. The van der Waals surface area contributed by atoms with Gasteiger partial charge in [-0.1, -0.05) is 43.5 Å². The van der Waals surface area contributed by atoms with Crippen LogP contribution in [0.5, 0.6) is 0 Å². The number of carbonyl (C=O) groups excluding carboxylic acids is 1. The lowest BCUT2D eigenvalue weighted by molar-refractivity contribution is -0.118. The highest BCUT2D eigenvalue weighted by Crippen LogP contribution is 2.25. The molecule has 3 N–H and O–H groups in total. The average molecular weight is 275 g/mol. The smallest absolute Gasteiger partial charge is 0.241 e. The Bertz CT molecular complexity index is 409. The zero-order chi connectivity index (χ0) is 13.0. The van der Waals surface area contributed by atoms with E-state index in [1.807, 2.05) is 13.8 Å². The molecule has 0 fully saturated rings. The topological polar surface area (TPSA) is 55.1 Å². The van der Waals surface area contributed by atoms with E-state index in [-0.39, 0.29) is 11.8 Å². The Morgan fingerprint density at radius 3 is 2.59 bits per heavy atom. The number of anilines is 1. The first-order valence-electron chi connectivity index (χ1n) is 5.47. The van der Waals surface area contributed by atoms with Gasteiger partial charge < -0.3 is 11.1 Å². The zero-order valence-corrected chi connectivity index (χ0v) is 11.3. The molecule has 0 aromatic heterocycles. The molecule has 5 heteroatoms. The molecular weight excluding hydrogens is 259 g/mol. The first kappa shape index (κ1) is 14.3. The van der Waals surface area contributed by atoms with E-state index in [4.69, 9.17) is 28.9 Å². The van der Waals surface area contributed by atoms with Crippen LogP contribution in [-0.2, 0) is 4.79 Å². The maximum atomic E-state index is 11.8. The van der Waals surface area contributed by atoms with Crippen molar-refractivity contribution in [2.75, 3.05) is 5.32 Å². The Balaban J connectivity index is 2.71. The van der Waals surface area contributed by atoms with Gasteiger partial charge >= 0.3 is 0 Å². The third kappa shape index (κ3) is 3.87. The van der Waals surface area contributed by atoms with E-state index < -0.39 is 6.04 Å². The number of hydrogen-bond donors (Lipinski definition) is 2. The van der Waals surface area contributed by atoms with Gasteiger partial charge in [0, 0.05) is 5.69 Å². The van der Waals surface area contributed by atoms with Crippen molar-refractivity contribution in [3.05, 3.63) is 28.2 Å². The number of hydrogen-bond acceptors (Lipinski definition) is 2. The largest absolute Gasteiger partial charge is 0.325 e. The highest BCUT2D eigenvalue weighted by Gasteiger charge is 2.19. The number of rotatable bonds is 4. The second kappa shape index (κ2) is 6.24. The van der Waals surface area contributed by atoms with Crippen molar-refractivity contribution in [1.29, 1.82) is 0 Å². The number of carbonyl (C=O) groups is 1. The van der Waals surface area contributed by atoms with Gasteiger partial charge in [0.15, 0.2) is 0 Å². The van der Waals surface area contributed by atoms with Crippen molar-refractivity contribution < 1.29 is 4.79 Å². The van der Waals surface area contributed by atoms with Gasteiger partial charge in [-0.25, -0.2) is 0 Å². The molecular formula is C12H16Cl2N2O. The van der Waals surface area contributed by atoms with E-state index in [0.717, 1.165) is 6.42 Å². The minimum absolute atomic E-state index is 0.137. The van der Waals surface area contributed by atoms with Crippen LogP contribution in [0.15, 0.2) is 18.2 Å². The van der Waals surface area contributed by atoms with Crippen LogP contribution < -0.4 is 11.1 Å². The molecule has 1 amide bonds. The molecule has 0 heterocycles. The quantitative estimate of drug-likeness (QED) is 0.885. The Morgan fingerprint density at radius 2 is 2.06 bits per heavy atom. The summed E-state index contributed by atoms with van der Waals surface area (Å²) in [5.74, 6) is -0.0736. The molecule has 2 atom stereocenters. The highest BCUT2D eigenvalue weighted by molar-refractivity contribution is 6.42. The zero-order valence-electron chi connectivity index (χ0n) is 9.84. The Morgan fingerprint density at radius 1 is 1.41 bits per heavy atom. The third-order valence-corrected chi connectivity index (χ3v) is 3.49. The molecule has 1 rings (SSSR count). The van der Waals surface area contributed by atoms with Crippen molar-refractivity contribution in [3.63, 3.8) is 0 Å². The van der Waals surface area contributed by atoms with E-state index >= 15 is 0 Å². The predicted octanol–water partition coefficient (Wildman–Crippen LogP) is 3.31. The fourth-order valence-corrected chi connectivity index (χ4v) is 1.61. The van der Waals surface area contributed by atoms with E-state index in [9.17, 15) is 4.79 Å². The maximum absolute atomic E-state index is 11.8. The lowest BCUT2D eigenvalue weighted by Gasteiger charge is -2.17. The first-order chi connectivity index (χ1) is 7.95. The lowest BCUT2D eigenvalue weighted by Crippen LogP contribution is -2.40. The van der Waals surface area contributed by atoms with Crippen molar-refractivity contribution in [2.45, 2.75) is 26.3 Å². The lowest BCUT2D eigenvalue weighted by atomic mass is 9.99. The summed E-state index contributed by atoms with van der Waals surface area (Å²) in [5, 5.41) is 3.58.